The third-order valence-corrected chi connectivity index (χ3v) is 3.22. The van der Waals surface area contributed by atoms with Crippen LogP contribution in [0.1, 0.15) is 0 Å². The molecule has 0 spiro atoms. The predicted octanol–water partition coefficient (Wildman–Crippen LogP) is 3.66. The van der Waals surface area contributed by atoms with Crippen molar-refractivity contribution in [2.75, 3.05) is 11.9 Å². The fraction of sp³-hybridized carbons (Fsp3) is 0.118. The van der Waals surface area contributed by atoms with Gasteiger partial charge in [0.15, 0.2) is 0 Å². The number of nitrogens with zero attached hydrogens (tertiary/aromatic N) is 2. The first kappa shape index (κ1) is 12.5. The standard InChI is InChI=1S/C17H17N3/c1-2-5-15(6-3-1)16-7-9-17(10-8-16)18-12-14-20-13-4-11-19-20/h1-11,13,18H,12,14H2. The van der Waals surface area contributed by atoms with E-state index in [0.717, 1.165) is 18.8 Å². The molecular weight excluding hydrogens is 246 g/mol. The summed E-state index contributed by atoms with van der Waals surface area (Å²) < 4.78 is 1.92. The highest BCUT2D eigenvalue weighted by molar-refractivity contribution is 5.65. The third-order valence-electron chi connectivity index (χ3n) is 3.22. The fourth-order valence-electron chi connectivity index (χ4n) is 2.16. The largest absolute Gasteiger partial charge is 0.383 e. The average Bonchev–Trinajstić information content (AvgIpc) is 3.02. The second-order valence-corrected chi connectivity index (χ2v) is 4.64. The van der Waals surface area contributed by atoms with Gasteiger partial charge in [0, 0.05) is 24.6 Å². The van der Waals surface area contributed by atoms with Crippen LogP contribution in [0.5, 0.6) is 0 Å². The van der Waals surface area contributed by atoms with Crippen LogP contribution in [0.2, 0.25) is 0 Å². The Bertz CT molecular complexity index is 628. The molecule has 0 aliphatic heterocycles. The van der Waals surface area contributed by atoms with Crippen LogP contribution >= 0.6 is 0 Å². The van der Waals surface area contributed by atoms with Crippen molar-refractivity contribution in [1.82, 2.24) is 9.78 Å². The van der Waals surface area contributed by atoms with E-state index in [0.29, 0.717) is 0 Å². The molecule has 0 saturated carbocycles. The van der Waals surface area contributed by atoms with E-state index in [1.54, 1.807) is 6.20 Å². The monoisotopic (exact) mass is 263 g/mol. The van der Waals surface area contributed by atoms with Gasteiger partial charge in [-0.2, -0.15) is 5.10 Å². The highest BCUT2D eigenvalue weighted by atomic mass is 15.3. The molecule has 0 amide bonds. The number of aromatic nitrogens is 2. The molecule has 0 bridgehead atoms. The lowest BCUT2D eigenvalue weighted by Gasteiger charge is -2.08. The Morgan fingerprint density at radius 2 is 1.60 bits per heavy atom. The van der Waals surface area contributed by atoms with Crippen molar-refractivity contribution < 1.29 is 0 Å². The first-order chi connectivity index (χ1) is 9.92. The summed E-state index contributed by atoms with van der Waals surface area (Å²) in [6.45, 7) is 1.74. The van der Waals surface area contributed by atoms with E-state index in [-0.39, 0.29) is 0 Å². The third kappa shape index (κ3) is 3.06. The number of anilines is 1. The summed E-state index contributed by atoms with van der Waals surface area (Å²) in [4.78, 5) is 0. The Morgan fingerprint density at radius 3 is 2.30 bits per heavy atom. The van der Waals surface area contributed by atoms with E-state index < -0.39 is 0 Å². The molecule has 0 fully saturated rings. The van der Waals surface area contributed by atoms with Crippen LogP contribution in [0.25, 0.3) is 11.1 Å². The molecule has 1 aromatic heterocycles. The minimum Gasteiger partial charge on any atom is -0.383 e. The Hall–Kier alpha value is -2.55. The van der Waals surface area contributed by atoms with Gasteiger partial charge in [0.1, 0.15) is 0 Å². The molecule has 0 atom stereocenters. The van der Waals surface area contributed by atoms with Crippen molar-refractivity contribution in [2.45, 2.75) is 6.54 Å². The number of rotatable bonds is 5. The van der Waals surface area contributed by atoms with E-state index >= 15 is 0 Å². The average molecular weight is 263 g/mol. The number of hydrogen-bond acceptors (Lipinski definition) is 2. The highest BCUT2D eigenvalue weighted by Gasteiger charge is 1.97. The molecule has 3 aromatic rings. The molecule has 3 nitrogen and oxygen atoms in total. The molecule has 0 aliphatic rings. The van der Waals surface area contributed by atoms with Gasteiger partial charge in [-0.3, -0.25) is 4.68 Å². The Balaban J connectivity index is 1.59. The first-order valence-electron chi connectivity index (χ1n) is 6.78. The van der Waals surface area contributed by atoms with Gasteiger partial charge in [0.2, 0.25) is 0 Å². The smallest absolute Gasteiger partial charge is 0.0582 e. The van der Waals surface area contributed by atoms with Gasteiger partial charge in [-0.1, -0.05) is 42.5 Å². The molecule has 0 saturated heterocycles. The molecule has 1 heterocycles. The lowest BCUT2D eigenvalue weighted by atomic mass is 10.1. The van der Waals surface area contributed by atoms with Gasteiger partial charge in [0.25, 0.3) is 0 Å². The van der Waals surface area contributed by atoms with Crippen molar-refractivity contribution in [3.8, 4) is 11.1 Å². The molecule has 100 valence electrons. The number of benzene rings is 2. The van der Waals surface area contributed by atoms with Gasteiger partial charge >= 0.3 is 0 Å². The van der Waals surface area contributed by atoms with Crippen molar-refractivity contribution in [2.24, 2.45) is 0 Å². The minimum atomic E-state index is 0.867. The minimum absolute atomic E-state index is 0.867. The SMILES string of the molecule is c1ccc(-c2ccc(NCCn3cccn3)cc2)cc1. The second-order valence-electron chi connectivity index (χ2n) is 4.64. The van der Waals surface area contributed by atoms with Crippen LogP contribution in [0.15, 0.2) is 73.1 Å². The fourth-order valence-corrected chi connectivity index (χ4v) is 2.16. The summed E-state index contributed by atoms with van der Waals surface area (Å²) in [6, 6.07) is 20.9. The normalized spacial score (nSPS) is 10.4. The maximum Gasteiger partial charge on any atom is 0.0582 e. The zero-order valence-electron chi connectivity index (χ0n) is 11.2. The summed E-state index contributed by atoms with van der Waals surface area (Å²) in [5, 5.41) is 7.58. The topological polar surface area (TPSA) is 29.9 Å². The van der Waals surface area contributed by atoms with E-state index in [2.05, 4.69) is 58.9 Å². The maximum atomic E-state index is 4.18. The molecule has 2 aromatic carbocycles. The van der Waals surface area contributed by atoms with Gasteiger partial charge in [-0.15, -0.1) is 0 Å². The van der Waals surface area contributed by atoms with E-state index in [4.69, 9.17) is 0 Å². The maximum absolute atomic E-state index is 4.18. The molecule has 3 rings (SSSR count). The van der Waals surface area contributed by atoms with E-state index in [1.165, 1.54) is 11.1 Å². The quantitative estimate of drug-likeness (QED) is 0.761. The predicted molar refractivity (Wildman–Crippen MR) is 82.6 cm³/mol. The zero-order valence-corrected chi connectivity index (χ0v) is 11.2. The molecular formula is C17H17N3. The van der Waals surface area contributed by atoms with Gasteiger partial charge < -0.3 is 5.32 Å². The van der Waals surface area contributed by atoms with Gasteiger partial charge in [-0.25, -0.2) is 0 Å². The molecule has 3 heteroatoms. The van der Waals surface area contributed by atoms with Crippen LogP contribution in [-0.4, -0.2) is 16.3 Å². The lowest BCUT2D eigenvalue weighted by molar-refractivity contribution is 0.638. The number of nitrogens with one attached hydrogen (secondary N) is 1. The van der Waals surface area contributed by atoms with Crippen LogP contribution in [0.4, 0.5) is 5.69 Å². The Morgan fingerprint density at radius 1 is 0.850 bits per heavy atom. The van der Waals surface area contributed by atoms with Crippen molar-refractivity contribution in [3.63, 3.8) is 0 Å². The Labute approximate surface area is 118 Å². The van der Waals surface area contributed by atoms with Crippen LogP contribution in [0, 0.1) is 0 Å². The molecule has 20 heavy (non-hydrogen) atoms. The van der Waals surface area contributed by atoms with Crippen LogP contribution in [-0.2, 0) is 6.54 Å². The summed E-state index contributed by atoms with van der Waals surface area (Å²) in [5.74, 6) is 0. The summed E-state index contributed by atoms with van der Waals surface area (Å²) in [6.07, 6.45) is 3.77. The molecule has 1 N–H and O–H groups in total. The lowest BCUT2D eigenvalue weighted by Crippen LogP contribution is -2.10. The molecule has 0 aliphatic carbocycles. The van der Waals surface area contributed by atoms with E-state index in [9.17, 15) is 0 Å². The van der Waals surface area contributed by atoms with Crippen LogP contribution < -0.4 is 5.32 Å². The summed E-state index contributed by atoms with van der Waals surface area (Å²) in [5.41, 5.74) is 3.62. The molecule has 0 radical (unpaired) electrons. The Kier molecular flexibility index (Phi) is 3.78. The van der Waals surface area contributed by atoms with Crippen molar-refractivity contribution in [1.29, 1.82) is 0 Å². The van der Waals surface area contributed by atoms with Gasteiger partial charge in [-0.05, 0) is 29.3 Å². The van der Waals surface area contributed by atoms with Crippen LogP contribution in [0.3, 0.4) is 0 Å². The summed E-state index contributed by atoms with van der Waals surface area (Å²) in [7, 11) is 0. The van der Waals surface area contributed by atoms with Crippen molar-refractivity contribution >= 4 is 5.69 Å². The highest BCUT2D eigenvalue weighted by Crippen LogP contribution is 2.20. The van der Waals surface area contributed by atoms with Gasteiger partial charge in [0.05, 0.1) is 6.54 Å². The van der Waals surface area contributed by atoms with E-state index in [1.807, 2.05) is 23.0 Å². The van der Waals surface area contributed by atoms with Crippen molar-refractivity contribution in [3.05, 3.63) is 73.1 Å². The summed E-state index contributed by atoms with van der Waals surface area (Å²) >= 11 is 0. The second kappa shape index (κ2) is 6.06. The number of hydrogen-bond donors (Lipinski definition) is 1. The first-order valence-corrected chi connectivity index (χ1v) is 6.78. The molecule has 0 unspecified atom stereocenters. The zero-order chi connectivity index (χ0) is 13.6.